The minimum absolute atomic E-state index is 0.269. The summed E-state index contributed by atoms with van der Waals surface area (Å²) in [5.41, 5.74) is -0.169. The van der Waals surface area contributed by atoms with E-state index in [-0.39, 0.29) is 11.4 Å². The molecule has 0 aliphatic heterocycles. The summed E-state index contributed by atoms with van der Waals surface area (Å²) in [5.74, 6) is -0.281. The number of ether oxygens (including phenoxy) is 1. The molecule has 0 saturated heterocycles. The summed E-state index contributed by atoms with van der Waals surface area (Å²) in [6, 6.07) is 6.59. The van der Waals surface area contributed by atoms with Gasteiger partial charge in [-0.3, -0.25) is 0 Å². The Bertz CT molecular complexity index is 524. The van der Waals surface area contributed by atoms with Crippen molar-refractivity contribution in [3.8, 4) is 11.8 Å². The molecule has 0 bridgehead atoms. The highest BCUT2D eigenvalue weighted by Gasteiger charge is 2.32. The van der Waals surface area contributed by atoms with Crippen molar-refractivity contribution in [3.05, 3.63) is 22.7 Å². The second kappa shape index (κ2) is 7.03. The Morgan fingerprint density at radius 3 is 2.57 bits per heavy atom. The van der Waals surface area contributed by atoms with Gasteiger partial charge in [0.2, 0.25) is 0 Å². The fraction of sp³-hybridized carbons (Fsp3) is 0.500. The Balaban J connectivity index is 2.65. The number of nitrogens with one attached hydrogen (secondary N) is 1. The van der Waals surface area contributed by atoms with Gasteiger partial charge in [-0.2, -0.15) is 5.26 Å². The maximum atomic E-state index is 12.3. The van der Waals surface area contributed by atoms with Crippen molar-refractivity contribution in [1.29, 1.82) is 5.26 Å². The molecule has 1 rings (SSSR count). The third-order valence-corrected chi connectivity index (χ3v) is 3.26. The topological polar surface area (TPSA) is 45.0 Å². The van der Waals surface area contributed by atoms with E-state index in [1.54, 1.807) is 6.07 Å². The Hall–Kier alpha value is -1.42. The van der Waals surface area contributed by atoms with Gasteiger partial charge in [-0.1, -0.05) is 15.9 Å². The number of hydrogen-bond acceptors (Lipinski definition) is 3. The van der Waals surface area contributed by atoms with E-state index in [2.05, 4.69) is 32.1 Å². The summed E-state index contributed by atoms with van der Waals surface area (Å²) in [6.07, 6.45) is -3.41. The van der Waals surface area contributed by atoms with Gasteiger partial charge in [0, 0.05) is 11.0 Å². The first-order valence-corrected chi connectivity index (χ1v) is 7.13. The van der Waals surface area contributed by atoms with E-state index < -0.39 is 11.8 Å². The lowest BCUT2D eigenvalue weighted by atomic mass is 9.90. The molecule has 3 nitrogen and oxygen atoms in total. The average molecular weight is 365 g/mol. The monoisotopic (exact) mass is 364 g/mol. The molecule has 0 aliphatic carbocycles. The molecule has 116 valence electrons. The summed E-state index contributed by atoms with van der Waals surface area (Å²) in [6.45, 7) is 4.11. The van der Waals surface area contributed by atoms with Crippen LogP contribution in [-0.4, -0.2) is 12.9 Å². The van der Waals surface area contributed by atoms with Crippen molar-refractivity contribution < 1.29 is 17.9 Å². The molecule has 0 fully saturated rings. The van der Waals surface area contributed by atoms with E-state index in [0.29, 0.717) is 23.9 Å². The van der Waals surface area contributed by atoms with Crippen LogP contribution >= 0.6 is 15.9 Å². The minimum atomic E-state index is -4.74. The molecule has 0 atom stereocenters. The molecule has 0 aromatic heterocycles. The zero-order chi connectivity index (χ0) is 16.1. The van der Waals surface area contributed by atoms with Gasteiger partial charge in [-0.05, 0) is 44.9 Å². The largest absolute Gasteiger partial charge is 0.573 e. The molecule has 21 heavy (non-hydrogen) atoms. The summed E-state index contributed by atoms with van der Waals surface area (Å²) in [5, 5.41) is 11.8. The van der Waals surface area contributed by atoms with Crippen molar-refractivity contribution in [2.45, 2.75) is 33.1 Å². The van der Waals surface area contributed by atoms with Gasteiger partial charge in [-0.25, -0.2) is 0 Å². The molecule has 0 spiro atoms. The van der Waals surface area contributed by atoms with Crippen LogP contribution in [0.15, 0.2) is 22.7 Å². The Labute approximate surface area is 130 Å². The van der Waals surface area contributed by atoms with Gasteiger partial charge in [0.05, 0.1) is 17.2 Å². The van der Waals surface area contributed by atoms with E-state index in [1.807, 2.05) is 13.8 Å². The van der Waals surface area contributed by atoms with Crippen molar-refractivity contribution in [1.82, 2.24) is 0 Å². The van der Waals surface area contributed by atoms with Gasteiger partial charge < -0.3 is 10.1 Å². The van der Waals surface area contributed by atoms with E-state index in [9.17, 15) is 13.2 Å². The van der Waals surface area contributed by atoms with Crippen LogP contribution in [-0.2, 0) is 0 Å². The average Bonchev–Trinajstić information content (AvgIpc) is 2.35. The van der Waals surface area contributed by atoms with Crippen LogP contribution in [0.5, 0.6) is 5.75 Å². The van der Waals surface area contributed by atoms with Gasteiger partial charge in [-0.15, -0.1) is 13.2 Å². The first-order chi connectivity index (χ1) is 9.63. The summed E-state index contributed by atoms with van der Waals surface area (Å²) < 4.78 is 41.5. The fourth-order valence-electron chi connectivity index (χ4n) is 1.66. The van der Waals surface area contributed by atoms with E-state index in [4.69, 9.17) is 5.26 Å². The van der Waals surface area contributed by atoms with Crippen molar-refractivity contribution in [3.63, 3.8) is 0 Å². The molecule has 0 unspecified atom stereocenters. The van der Waals surface area contributed by atoms with Crippen LogP contribution in [0.3, 0.4) is 0 Å². The first-order valence-electron chi connectivity index (χ1n) is 6.33. The Kier molecular flexibility index (Phi) is 5.90. The fourth-order valence-corrected chi connectivity index (χ4v) is 2.00. The van der Waals surface area contributed by atoms with Crippen LogP contribution in [0.4, 0.5) is 18.9 Å². The predicted molar refractivity (Wildman–Crippen MR) is 77.9 cm³/mol. The second-order valence-electron chi connectivity index (χ2n) is 5.21. The number of alkyl halides is 3. The molecular formula is C14H16BrF3N2O. The van der Waals surface area contributed by atoms with E-state index in [1.165, 1.54) is 12.1 Å². The lowest BCUT2D eigenvalue weighted by Crippen LogP contribution is -2.18. The summed E-state index contributed by atoms with van der Waals surface area (Å²) in [4.78, 5) is 0. The molecule has 7 heteroatoms. The summed E-state index contributed by atoms with van der Waals surface area (Å²) in [7, 11) is 0. The van der Waals surface area contributed by atoms with Gasteiger partial charge in [0.1, 0.15) is 0 Å². The molecular weight excluding hydrogens is 349 g/mol. The van der Waals surface area contributed by atoms with Gasteiger partial charge in [0.15, 0.2) is 5.75 Å². The summed E-state index contributed by atoms with van der Waals surface area (Å²) >= 11 is 3.11. The zero-order valence-electron chi connectivity index (χ0n) is 11.7. The van der Waals surface area contributed by atoms with Crippen LogP contribution in [0.2, 0.25) is 0 Å². The highest BCUT2D eigenvalue weighted by atomic mass is 79.9. The smallest absolute Gasteiger partial charge is 0.404 e. The highest BCUT2D eigenvalue weighted by molar-refractivity contribution is 9.10. The number of hydrogen-bond donors (Lipinski definition) is 1. The van der Waals surface area contributed by atoms with Gasteiger partial charge in [0.25, 0.3) is 0 Å². The Morgan fingerprint density at radius 2 is 2.00 bits per heavy atom. The molecule has 0 radical (unpaired) electrons. The van der Waals surface area contributed by atoms with E-state index in [0.717, 1.165) is 0 Å². The van der Waals surface area contributed by atoms with Crippen molar-refractivity contribution in [2.24, 2.45) is 5.41 Å². The number of benzene rings is 1. The number of nitriles is 1. The third kappa shape index (κ3) is 6.71. The standard InChI is InChI=1S/C14H16BrF3N2O/c1-13(2,9-19)6-3-7-20-11-5-4-10(15)8-12(11)21-14(16,17)18/h4-5,8,20H,3,6-7H2,1-2H3. The number of nitrogens with zero attached hydrogens (tertiary/aromatic N) is 1. The van der Waals surface area contributed by atoms with Crippen LogP contribution < -0.4 is 10.1 Å². The van der Waals surface area contributed by atoms with E-state index >= 15 is 0 Å². The number of anilines is 1. The number of rotatable bonds is 6. The molecule has 0 amide bonds. The highest BCUT2D eigenvalue weighted by Crippen LogP contribution is 2.33. The van der Waals surface area contributed by atoms with Crippen molar-refractivity contribution >= 4 is 21.6 Å². The lowest BCUT2D eigenvalue weighted by Gasteiger charge is -2.17. The maximum Gasteiger partial charge on any atom is 0.573 e. The van der Waals surface area contributed by atoms with Gasteiger partial charge >= 0.3 is 6.36 Å². The van der Waals surface area contributed by atoms with Crippen LogP contribution in [0, 0.1) is 16.7 Å². The van der Waals surface area contributed by atoms with Crippen molar-refractivity contribution in [2.75, 3.05) is 11.9 Å². The molecule has 0 saturated carbocycles. The third-order valence-electron chi connectivity index (χ3n) is 2.77. The second-order valence-corrected chi connectivity index (χ2v) is 6.13. The molecule has 0 aliphatic rings. The zero-order valence-corrected chi connectivity index (χ0v) is 13.3. The Morgan fingerprint density at radius 1 is 1.33 bits per heavy atom. The first kappa shape index (κ1) is 17.6. The number of halogens is 4. The SMILES string of the molecule is CC(C)(C#N)CCCNc1ccc(Br)cc1OC(F)(F)F. The lowest BCUT2D eigenvalue weighted by molar-refractivity contribution is -0.274. The molecule has 1 aromatic carbocycles. The quantitative estimate of drug-likeness (QED) is 0.715. The predicted octanol–water partition coefficient (Wildman–Crippen LogP) is 5.09. The van der Waals surface area contributed by atoms with Crippen LogP contribution in [0.1, 0.15) is 26.7 Å². The maximum absolute atomic E-state index is 12.3. The minimum Gasteiger partial charge on any atom is -0.404 e. The molecule has 0 heterocycles. The van der Waals surface area contributed by atoms with Crippen LogP contribution in [0.25, 0.3) is 0 Å². The normalized spacial score (nSPS) is 11.9. The molecule has 1 aromatic rings. The molecule has 1 N–H and O–H groups in total.